The summed E-state index contributed by atoms with van der Waals surface area (Å²) in [4.78, 5) is 36.4. The van der Waals surface area contributed by atoms with Crippen molar-refractivity contribution < 1.29 is 28.6 Å². The second-order valence-corrected chi connectivity index (χ2v) is 5.98. The normalized spacial score (nSPS) is 11.4. The molecular formula is C21H22O6. The topological polar surface area (TPSA) is 78.9 Å². The standard InChI is InChI=1S/C21H22O6/c1-4-25-21(24)18(27-20(23)17-11-7-15(3)8-12-17)13-26-19(22)16-9-5-14(2)6-10-16/h5-12,18H,4,13H2,1-3H3/t18-/m0/s1. The van der Waals surface area contributed by atoms with Gasteiger partial charge in [-0.2, -0.15) is 0 Å². The van der Waals surface area contributed by atoms with Crippen molar-refractivity contribution >= 4 is 17.9 Å². The molecule has 0 aliphatic carbocycles. The van der Waals surface area contributed by atoms with Crippen LogP contribution in [0.2, 0.25) is 0 Å². The smallest absolute Gasteiger partial charge is 0.351 e. The molecule has 0 aliphatic heterocycles. The molecule has 0 amide bonds. The molecule has 0 fully saturated rings. The quantitative estimate of drug-likeness (QED) is 0.550. The lowest BCUT2D eigenvalue weighted by atomic mass is 10.1. The van der Waals surface area contributed by atoms with E-state index in [1.807, 2.05) is 13.8 Å². The number of hydrogen-bond acceptors (Lipinski definition) is 6. The summed E-state index contributed by atoms with van der Waals surface area (Å²) in [6, 6.07) is 13.5. The largest absolute Gasteiger partial charge is 0.463 e. The van der Waals surface area contributed by atoms with Gasteiger partial charge in [0.25, 0.3) is 0 Å². The van der Waals surface area contributed by atoms with Gasteiger partial charge in [-0.25, -0.2) is 14.4 Å². The summed E-state index contributed by atoms with van der Waals surface area (Å²) in [5.74, 6) is -2.08. The first-order valence-electron chi connectivity index (χ1n) is 8.58. The van der Waals surface area contributed by atoms with Crippen LogP contribution >= 0.6 is 0 Å². The average Bonchev–Trinajstić information content (AvgIpc) is 2.66. The monoisotopic (exact) mass is 370 g/mol. The maximum atomic E-state index is 12.3. The van der Waals surface area contributed by atoms with Crippen molar-refractivity contribution in [1.29, 1.82) is 0 Å². The Labute approximate surface area is 158 Å². The predicted molar refractivity (Wildman–Crippen MR) is 98.5 cm³/mol. The van der Waals surface area contributed by atoms with Gasteiger partial charge < -0.3 is 14.2 Å². The Morgan fingerprint density at radius 1 is 0.778 bits per heavy atom. The van der Waals surface area contributed by atoms with E-state index >= 15 is 0 Å². The number of carbonyl (C=O) groups excluding carboxylic acids is 3. The van der Waals surface area contributed by atoms with Crippen LogP contribution in [0.25, 0.3) is 0 Å². The molecule has 2 aromatic carbocycles. The number of aryl methyl sites for hydroxylation is 2. The third kappa shape index (κ3) is 5.95. The van der Waals surface area contributed by atoms with Crippen LogP contribution in [0.5, 0.6) is 0 Å². The summed E-state index contributed by atoms with van der Waals surface area (Å²) in [7, 11) is 0. The van der Waals surface area contributed by atoms with Crippen molar-refractivity contribution in [3.8, 4) is 0 Å². The third-order valence-corrected chi connectivity index (χ3v) is 3.74. The molecule has 142 valence electrons. The minimum absolute atomic E-state index is 0.114. The van der Waals surface area contributed by atoms with Crippen molar-refractivity contribution in [2.24, 2.45) is 0 Å². The summed E-state index contributed by atoms with van der Waals surface area (Å²) < 4.78 is 15.2. The van der Waals surface area contributed by atoms with Crippen LogP contribution in [0, 0.1) is 13.8 Å². The fourth-order valence-corrected chi connectivity index (χ4v) is 2.20. The van der Waals surface area contributed by atoms with E-state index in [-0.39, 0.29) is 6.61 Å². The van der Waals surface area contributed by atoms with E-state index in [9.17, 15) is 14.4 Å². The molecule has 0 aromatic heterocycles. The second-order valence-electron chi connectivity index (χ2n) is 5.98. The van der Waals surface area contributed by atoms with Gasteiger partial charge in [0, 0.05) is 0 Å². The zero-order valence-corrected chi connectivity index (χ0v) is 15.6. The molecule has 0 spiro atoms. The van der Waals surface area contributed by atoms with Gasteiger partial charge in [0.1, 0.15) is 6.61 Å². The van der Waals surface area contributed by atoms with Crippen molar-refractivity contribution in [2.45, 2.75) is 26.9 Å². The Kier molecular flexibility index (Phi) is 7.11. The highest BCUT2D eigenvalue weighted by molar-refractivity contribution is 5.92. The highest BCUT2D eigenvalue weighted by Crippen LogP contribution is 2.10. The molecule has 27 heavy (non-hydrogen) atoms. The fourth-order valence-electron chi connectivity index (χ4n) is 2.20. The van der Waals surface area contributed by atoms with Crippen LogP contribution in [-0.2, 0) is 19.0 Å². The van der Waals surface area contributed by atoms with Crippen LogP contribution in [0.3, 0.4) is 0 Å². The van der Waals surface area contributed by atoms with Gasteiger partial charge in [0.15, 0.2) is 0 Å². The molecule has 0 N–H and O–H groups in total. The highest BCUT2D eigenvalue weighted by atomic mass is 16.6. The Bertz CT molecular complexity index is 792. The van der Waals surface area contributed by atoms with E-state index in [1.54, 1.807) is 55.5 Å². The van der Waals surface area contributed by atoms with Crippen LogP contribution < -0.4 is 0 Å². The van der Waals surface area contributed by atoms with E-state index < -0.39 is 30.6 Å². The molecule has 6 nitrogen and oxygen atoms in total. The van der Waals surface area contributed by atoms with Crippen molar-refractivity contribution in [1.82, 2.24) is 0 Å². The molecule has 0 radical (unpaired) electrons. The molecule has 0 saturated heterocycles. The molecule has 0 saturated carbocycles. The molecule has 2 aromatic rings. The van der Waals surface area contributed by atoms with E-state index in [1.165, 1.54) is 0 Å². The van der Waals surface area contributed by atoms with Gasteiger partial charge in [-0.05, 0) is 45.0 Å². The molecule has 2 rings (SSSR count). The van der Waals surface area contributed by atoms with Crippen LogP contribution in [0.4, 0.5) is 0 Å². The van der Waals surface area contributed by atoms with Gasteiger partial charge in [-0.15, -0.1) is 0 Å². The minimum Gasteiger partial charge on any atom is -0.463 e. The molecule has 0 aliphatic rings. The maximum Gasteiger partial charge on any atom is 0.351 e. The summed E-state index contributed by atoms with van der Waals surface area (Å²) in [5, 5.41) is 0. The lowest BCUT2D eigenvalue weighted by Gasteiger charge is -2.16. The second kappa shape index (κ2) is 9.52. The van der Waals surface area contributed by atoms with Crippen LogP contribution in [0.15, 0.2) is 48.5 Å². The number of benzene rings is 2. The van der Waals surface area contributed by atoms with E-state index in [2.05, 4.69) is 0 Å². The number of rotatable bonds is 7. The molecular weight excluding hydrogens is 348 g/mol. The number of esters is 3. The van der Waals surface area contributed by atoms with Crippen LogP contribution in [0.1, 0.15) is 38.8 Å². The first-order valence-corrected chi connectivity index (χ1v) is 8.58. The molecule has 0 heterocycles. The van der Waals surface area contributed by atoms with Gasteiger partial charge in [0.05, 0.1) is 17.7 Å². The van der Waals surface area contributed by atoms with E-state index in [0.29, 0.717) is 11.1 Å². The predicted octanol–water partition coefficient (Wildman–Crippen LogP) is 3.25. The van der Waals surface area contributed by atoms with Crippen molar-refractivity contribution in [2.75, 3.05) is 13.2 Å². The zero-order valence-electron chi connectivity index (χ0n) is 15.6. The lowest BCUT2D eigenvalue weighted by Crippen LogP contribution is -2.34. The van der Waals surface area contributed by atoms with Gasteiger partial charge >= 0.3 is 17.9 Å². The highest BCUT2D eigenvalue weighted by Gasteiger charge is 2.27. The first kappa shape index (κ1) is 20.2. The van der Waals surface area contributed by atoms with Crippen molar-refractivity contribution in [3.05, 3.63) is 70.8 Å². The Morgan fingerprint density at radius 2 is 1.26 bits per heavy atom. The maximum absolute atomic E-state index is 12.3. The third-order valence-electron chi connectivity index (χ3n) is 3.74. The molecule has 0 bridgehead atoms. The fraction of sp³-hybridized carbons (Fsp3) is 0.286. The van der Waals surface area contributed by atoms with E-state index in [4.69, 9.17) is 14.2 Å². The SMILES string of the molecule is CCOC(=O)[C@H](COC(=O)c1ccc(C)cc1)OC(=O)c1ccc(C)cc1. The molecule has 6 heteroatoms. The molecule has 0 unspecified atom stereocenters. The Hall–Kier alpha value is -3.15. The number of carbonyl (C=O) groups is 3. The van der Waals surface area contributed by atoms with Crippen molar-refractivity contribution in [3.63, 3.8) is 0 Å². The summed E-state index contributed by atoms with van der Waals surface area (Å²) >= 11 is 0. The first-order chi connectivity index (χ1) is 12.9. The lowest BCUT2D eigenvalue weighted by molar-refractivity contribution is -0.155. The summed E-state index contributed by atoms with van der Waals surface area (Å²) in [6.07, 6.45) is -1.34. The number of hydrogen-bond donors (Lipinski definition) is 0. The molecule has 1 atom stereocenters. The number of ether oxygens (including phenoxy) is 3. The zero-order chi connectivity index (χ0) is 19.8. The van der Waals surface area contributed by atoms with E-state index in [0.717, 1.165) is 11.1 Å². The summed E-state index contributed by atoms with van der Waals surface area (Å²) in [5.41, 5.74) is 2.62. The van der Waals surface area contributed by atoms with Gasteiger partial charge in [-0.3, -0.25) is 0 Å². The average molecular weight is 370 g/mol. The van der Waals surface area contributed by atoms with Gasteiger partial charge in [-0.1, -0.05) is 35.4 Å². The minimum atomic E-state index is -1.34. The Balaban J connectivity index is 2.04. The van der Waals surface area contributed by atoms with Crippen LogP contribution in [-0.4, -0.2) is 37.2 Å². The van der Waals surface area contributed by atoms with Gasteiger partial charge in [0.2, 0.25) is 6.10 Å². The Morgan fingerprint density at radius 3 is 1.74 bits per heavy atom. The summed E-state index contributed by atoms with van der Waals surface area (Å²) in [6.45, 7) is 5.11.